The van der Waals surface area contributed by atoms with Gasteiger partial charge in [0.1, 0.15) is 5.75 Å². The molecule has 2 heterocycles. The summed E-state index contributed by atoms with van der Waals surface area (Å²) in [6.45, 7) is 4.26. The zero-order chi connectivity index (χ0) is 30.7. The Balaban J connectivity index is 0.000000316. The summed E-state index contributed by atoms with van der Waals surface area (Å²) >= 11 is 0. The van der Waals surface area contributed by atoms with Gasteiger partial charge >= 0.3 is 17.9 Å². The number of hydrogen-bond acceptors (Lipinski definition) is 9. The van der Waals surface area contributed by atoms with Gasteiger partial charge in [0.25, 0.3) is 5.91 Å². The zero-order valence-corrected chi connectivity index (χ0v) is 23.6. The van der Waals surface area contributed by atoms with Crippen LogP contribution in [0.3, 0.4) is 0 Å². The third kappa shape index (κ3) is 9.82. The average Bonchev–Trinajstić information content (AvgIpc) is 3.35. The molecule has 0 unspecified atom stereocenters. The number of aromatic nitrogens is 2. The molecule has 0 radical (unpaired) electrons. The molecule has 1 aromatic carbocycles. The smallest absolute Gasteiger partial charge is 0.336 e. The van der Waals surface area contributed by atoms with Crippen molar-refractivity contribution in [1.29, 1.82) is 0 Å². The number of fused-ring (bicyclic) bond motifs is 1. The van der Waals surface area contributed by atoms with Gasteiger partial charge in [-0.15, -0.1) is 0 Å². The van der Waals surface area contributed by atoms with E-state index in [9.17, 15) is 19.2 Å². The molecule has 2 aromatic rings. The number of rotatable bonds is 12. The molecule has 14 heteroatoms. The predicted octanol–water partition coefficient (Wildman–Crippen LogP) is 0.910. The quantitative estimate of drug-likeness (QED) is 0.234. The first-order valence-corrected chi connectivity index (χ1v) is 13.7. The maximum atomic E-state index is 12.2. The third-order valence-corrected chi connectivity index (χ3v) is 6.95. The summed E-state index contributed by atoms with van der Waals surface area (Å²) in [7, 11) is 2.12. The van der Waals surface area contributed by atoms with E-state index in [2.05, 4.69) is 34.3 Å². The molecule has 1 fully saturated rings. The highest BCUT2D eigenvalue weighted by molar-refractivity contribution is 5.88. The van der Waals surface area contributed by atoms with Crippen LogP contribution in [-0.4, -0.2) is 110 Å². The summed E-state index contributed by atoms with van der Waals surface area (Å²) in [6.07, 6.45) is 2.50. The lowest BCUT2D eigenvalue weighted by molar-refractivity contribution is -0.170. The number of morpholine rings is 1. The first-order valence-electron chi connectivity index (χ1n) is 13.7. The topological polar surface area (TPSA) is 203 Å². The molecule has 1 amide bonds. The van der Waals surface area contributed by atoms with Gasteiger partial charge < -0.3 is 34.8 Å². The van der Waals surface area contributed by atoms with Crippen molar-refractivity contribution in [2.24, 2.45) is 0 Å². The van der Waals surface area contributed by atoms with E-state index in [1.54, 1.807) is 4.90 Å². The molecule has 1 aliphatic carbocycles. The Bertz CT molecular complexity index is 1210. The molecule has 1 aliphatic heterocycles. The number of aliphatic carboxylic acids is 3. The largest absolute Gasteiger partial charge is 0.484 e. The van der Waals surface area contributed by atoms with E-state index in [-0.39, 0.29) is 12.5 Å². The number of nitrogens with zero attached hydrogens (tertiary/aromatic N) is 3. The Morgan fingerprint density at radius 3 is 2.21 bits per heavy atom. The molecular weight excluding hydrogens is 552 g/mol. The van der Waals surface area contributed by atoms with Crippen molar-refractivity contribution in [1.82, 2.24) is 20.0 Å². The first kappa shape index (κ1) is 32.5. The van der Waals surface area contributed by atoms with Crippen molar-refractivity contribution in [2.45, 2.75) is 57.2 Å². The summed E-state index contributed by atoms with van der Waals surface area (Å²) in [5.41, 5.74) is 2.41. The highest BCUT2D eigenvalue weighted by Gasteiger charge is 2.40. The third-order valence-electron chi connectivity index (χ3n) is 6.95. The SMILES string of the molecule is CN(Cc1ccc(OCC(=O)N2CCOCC2)cc1)Cc1n[nH]c2c1CCCC2.O=C(O)CC(O)(CC(=O)O)C(=O)O. The van der Waals surface area contributed by atoms with Gasteiger partial charge in [0.2, 0.25) is 0 Å². The van der Waals surface area contributed by atoms with Gasteiger partial charge in [-0.25, -0.2) is 4.79 Å². The normalized spacial score (nSPS) is 14.9. The minimum Gasteiger partial charge on any atom is -0.484 e. The van der Waals surface area contributed by atoms with Gasteiger partial charge in [0.15, 0.2) is 12.2 Å². The second kappa shape index (κ2) is 15.3. The minimum absolute atomic E-state index is 0.0134. The second-order valence-electron chi connectivity index (χ2n) is 10.4. The van der Waals surface area contributed by atoms with E-state index in [0.29, 0.717) is 26.3 Å². The molecule has 2 aliphatic rings. The summed E-state index contributed by atoms with van der Waals surface area (Å²) in [5.74, 6) is -4.28. The lowest BCUT2D eigenvalue weighted by Gasteiger charge is -2.26. The molecule has 0 spiro atoms. The van der Waals surface area contributed by atoms with Crippen LogP contribution in [0.5, 0.6) is 5.75 Å². The standard InChI is InChI=1S/C22H30N4O3.C6H8O7/c1-25(15-21-19-4-2-3-5-20(19)23-24-21)14-17-6-8-18(9-7-17)29-16-22(27)26-10-12-28-13-11-26;7-3(8)1-6(13,5(11)12)2-4(9)10/h6-9H,2-5,10-16H2,1H3,(H,23,24);13H,1-2H2,(H,7,8)(H,9,10)(H,11,12). The molecule has 4 rings (SSSR count). The van der Waals surface area contributed by atoms with Gasteiger partial charge in [-0.3, -0.25) is 24.4 Å². The predicted molar refractivity (Wildman–Crippen MR) is 147 cm³/mol. The minimum atomic E-state index is -2.74. The Labute approximate surface area is 242 Å². The number of carboxylic acids is 3. The molecule has 5 N–H and O–H groups in total. The number of ether oxygens (including phenoxy) is 2. The summed E-state index contributed by atoms with van der Waals surface area (Å²) in [5, 5.41) is 41.6. The number of hydrogen-bond donors (Lipinski definition) is 5. The molecule has 230 valence electrons. The highest BCUT2D eigenvalue weighted by atomic mass is 16.5. The average molecular weight is 591 g/mol. The van der Waals surface area contributed by atoms with Crippen LogP contribution in [0.2, 0.25) is 0 Å². The zero-order valence-electron chi connectivity index (χ0n) is 23.6. The van der Waals surface area contributed by atoms with Crippen LogP contribution in [0, 0.1) is 0 Å². The van der Waals surface area contributed by atoms with Gasteiger partial charge in [-0.2, -0.15) is 5.10 Å². The van der Waals surface area contributed by atoms with E-state index >= 15 is 0 Å². The number of nitrogens with one attached hydrogen (secondary N) is 1. The Hall–Kier alpha value is -4.01. The van der Waals surface area contributed by atoms with Gasteiger partial charge in [-0.1, -0.05) is 12.1 Å². The molecular formula is C28H38N4O10. The maximum absolute atomic E-state index is 12.2. The first-order chi connectivity index (χ1) is 20.0. The summed E-state index contributed by atoms with van der Waals surface area (Å²) < 4.78 is 10.9. The van der Waals surface area contributed by atoms with Crippen LogP contribution in [0.1, 0.15) is 48.2 Å². The van der Waals surface area contributed by atoms with Gasteiger partial charge in [-0.05, 0) is 56.0 Å². The maximum Gasteiger partial charge on any atom is 0.336 e. The Morgan fingerprint density at radius 2 is 1.62 bits per heavy atom. The summed E-state index contributed by atoms with van der Waals surface area (Å²) in [4.78, 5) is 46.7. The molecule has 1 aromatic heterocycles. The van der Waals surface area contributed by atoms with E-state index in [1.807, 2.05) is 12.1 Å². The van der Waals surface area contributed by atoms with Crippen molar-refractivity contribution in [3.63, 3.8) is 0 Å². The number of aryl methyl sites for hydroxylation is 1. The van der Waals surface area contributed by atoms with Crippen molar-refractivity contribution in [3.05, 3.63) is 46.8 Å². The monoisotopic (exact) mass is 590 g/mol. The van der Waals surface area contributed by atoms with Crippen molar-refractivity contribution in [2.75, 3.05) is 40.0 Å². The molecule has 0 bridgehead atoms. The number of H-pyrrole nitrogens is 1. The highest BCUT2D eigenvalue weighted by Crippen LogP contribution is 2.23. The Morgan fingerprint density at radius 1 is 1.00 bits per heavy atom. The van der Waals surface area contributed by atoms with E-state index in [1.165, 1.54) is 35.4 Å². The van der Waals surface area contributed by atoms with Crippen LogP contribution in [0.25, 0.3) is 0 Å². The fourth-order valence-corrected chi connectivity index (χ4v) is 4.76. The number of aliphatic hydroxyl groups is 1. The molecule has 0 atom stereocenters. The van der Waals surface area contributed by atoms with E-state index < -0.39 is 36.4 Å². The summed E-state index contributed by atoms with van der Waals surface area (Å²) in [6, 6.07) is 7.99. The van der Waals surface area contributed by atoms with Crippen molar-refractivity contribution < 1.29 is 49.1 Å². The van der Waals surface area contributed by atoms with Crippen LogP contribution < -0.4 is 4.74 Å². The second-order valence-corrected chi connectivity index (χ2v) is 10.4. The fraction of sp³-hybridized carbons (Fsp3) is 0.536. The number of carbonyl (C=O) groups is 4. The van der Waals surface area contributed by atoms with Gasteiger partial charge in [0, 0.05) is 31.9 Å². The van der Waals surface area contributed by atoms with E-state index in [4.69, 9.17) is 29.9 Å². The van der Waals surface area contributed by atoms with Crippen LogP contribution in [0.15, 0.2) is 24.3 Å². The van der Waals surface area contributed by atoms with Gasteiger partial charge in [0.05, 0.1) is 31.7 Å². The molecule has 0 saturated carbocycles. The fourth-order valence-electron chi connectivity index (χ4n) is 4.76. The van der Waals surface area contributed by atoms with Crippen LogP contribution in [0.4, 0.5) is 0 Å². The number of aromatic amines is 1. The van der Waals surface area contributed by atoms with Crippen molar-refractivity contribution in [3.8, 4) is 5.75 Å². The Kier molecular flexibility index (Phi) is 11.8. The lowest BCUT2D eigenvalue weighted by Crippen LogP contribution is -2.42. The number of amides is 1. The number of carbonyl (C=O) groups excluding carboxylic acids is 1. The lowest BCUT2D eigenvalue weighted by atomic mass is 9.96. The van der Waals surface area contributed by atoms with Crippen molar-refractivity contribution >= 4 is 23.8 Å². The molecule has 14 nitrogen and oxygen atoms in total. The van der Waals surface area contributed by atoms with Crippen LogP contribution in [-0.2, 0) is 49.8 Å². The van der Waals surface area contributed by atoms with Crippen LogP contribution >= 0.6 is 0 Å². The number of benzene rings is 1. The molecule has 1 saturated heterocycles. The molecule has 42 heavy (non-hydrogen) atoms. The van der Waals surface area contributed by atoms with E-state index in [0.717, 1.165) is 31.7 Å². The number of carboxylic acid groups (broad SMARTS) is 3.